The minimum atomic E-state index is 0.0816. The van der Waals surface area contributed by atoms with E-state index in [4.69, 9.17) is 0 Å². The van der Waals surface area contributed by atoms with E-state index >= 15 is 0 Å². The third kappa shape index (κ3) is 2.36. The second-order valence-electron chi connectivity index (χ2n) is 3.08. The first kappa shape index (κ1) is 9.86. The van der Waals surface area contributed by atoms with Gasteiger partial charge in [-0.05, 0) is 32.5 Å². The molecule has 0 amide bonds. The quantitative estimate of drug-likeness (QED) is 0.705. The number of hydrogen-bond donors (Lipinski definition) is 1. The van der Waals surface area contributed by atoms with Crippen LogP contribution in [0.2, 0.25) is 0 Å². The van der Waals surface area contributed by atoms with Crippen LogP contribution in [0.1, 0.15) is 21.6 Å². The zero-order valence-corrected chi connectivity index (χ0v) is 8.22. The number of pyridine rings is 1. The van der Waals surface area contributed by atoms with E-state index < -0.39 is 0 Å². The van der Waals surface area contributed by atoms with Gasteiger partial charge in [-0.1, -0.05) is 0 Å². The number of nitrogens with one attached hydrogen (secondary N) is 1. The Morgan fingerprint density at radius 3 is 2.77 bits per heavy atom. The maximum absolute atomic E-state index is 11.4. The molecule has 70 valence electrons. The number of rotatable bonds is 3. The zero-order valence-electron chi connectivity index (χ0n) is 8.22. The molecule has 1 heterocycles. The highest BCUT2D eigenvalue weighted by atomic mass is 16.1. The van der Waals surface area contributed by atoms with E-state index in [0.717, 1.165) is 11.3 Å². The SMILES string of the molecule is CNCC(=O)c1cnc(C)c(C)c1. The van der Waals surface area contributed by atoms with Gasteiger partial charge in [0.1, 0.15) is 0 Å². The predicted octanol–water partition coefficient (Wildman–Crippen LogP) is 1.10. The van der Waals surface area contributed by atoms with Crippen LogP contribution < -0.4 is 5.32 Å². The van der Waals surface area contributed by atoms with Gasteiger partial charge in [0, 0.05) is 17.5 Å². The molecule has 1 aromatic rings. The Morgan fingerprint density at radius 1 is 1.54 bits per heavy atom. The van der Waals surface area contributed by atoms with Crippen molar-refractivity contribution in [2.75, 3.05) is 13.6 Å². The van der Waals surface area contributed by atoms with E-state index in [1.165, 1.54) is 0 Å². The molecule has 3 nitrogen and oxygen atoms in total. The van der Waals surface area contributed by atoms with Crippen molar-refractivity contribution in [2.24, 2.45) is 0 Å². The van der Waals surface area contributed by atoms with Crippen LogP contribution in [0.5, 0.6) is 0 Å². The van der Waals surface area contributed by atoms with E-state index in [-0.39, 0.29) is 5.78 Å². The zero-order chi connectivity index (χ0) is 9.84. The van der Waals surface area contributed by atoms with Gasteiger partial charge < -0.3 is 5.32 Å². The molecule has 0 aliphatic rings. The third-order valence-corrected chi connectivity index (χ3v) is 2.00. The molecular formula is C10H14N2O. The number of likely N-dealkylation sites (N-methyl/N-ethyl adjacent to an activating group) is 1. The van der Waals surface area contributed by atoms with Crippen molar-refractivity contribution in [3.8, 4) is 0 Å². The monoisotopic (exact) mass is 178 g/mol. The number of hydrogen-bond acceptors (Lipinski definition) is 3. The fourth-order valence-electron chi connectivity index (χ4n) is 1.06. The minimum Gasteiger partial charge on any atom is -0.313 e. The van der Waals surface area contributed by atoms with Crippen molar-refractivity contribution in [1.29, 1.82) is 0 Å². The number of aromatic nitrogens is 1. The molecule has 1 N–H and O–H groups in total. The lowest BCUT2D eigenvalue weighted by Gasteiger charge is -2.02. The lowest BCUT2D eigenvalue weighted by Crippen LogP contribution is -2.18. The highest BCUT2D eigenvalue weighted by Gasteiger charge is 2.05. The average molecular weight is 178 g/mol. The van der Waals surface area contributed by atoms with Gasteiger partial charge >= 0.3 is 0 Å². The van der Waals surface area contributed by atoms with Crippen LogP contribution in [0.3, 0.4) is 0 Å². The maximum atomic E-state index is 11.4. The summed E-state index contributed by atoms with van der Waals surface area (Å²) in [5.74, 6) is 0.0816. The minimum absolute atomic E-state index is 0.0816. The lowest BCUT2D eigenvalue weighted by molar-refractivity contribution is 0.0993. The molecule has 0 aliphatic heterocycles. The predicted molar refractivity (Wildman–Crippen MR) is 52.0 cm³/mol. The molecular weight excluding hydrogens is 164 g/mol. The summed E-state index contributed by atoms with van der Waals surface area (Å²) in [6, 6.07) is 1.88. The molecule has 0 saturated heterocycles. The number of carbonyl (C=O) groups excluding carboxylic acids is 1. The number of carbonyl (C=O) groups is 1. The van der Waals surface area contributed by atoms with Crippen molar-refractivity contribution < 1.29 is 4.79 Å². The van der Waals surface area contributed by atoms with Crippen LogP contribution in [0.15, 0.2) is 12.3 Å². The Labute approximate surface area is 78.2 Å². The summed E-state index contributed by atoms with van der Waals surface area (Å²) in [7, 11) is 1.76. The molecule has 13 heavy (non-hydrogen) atoms. The summed E-state index contributed by atoms with van der Waals surface area (Å²) >= 11 is 0. The number of aryl methyl sites for hydroxylation is 2. The van der Waals surface area contributed by atoms with E-state index in [1.807, 2.05) is 19.9 Å². The number of nitrogens with zero attached hydrogens (tertiary/aromatic N) is 1. The summed E-state index contributed by atoms with van der Waals surface area (Å²) < 4.78 is 0. The Bertz CT molecular complexity index is 321. The first-order valence-corrected chi connectivity index (χ1v) is 4.26. The third-order valence-electron chi connectivity index (χ3n) is 2.00. The molecule has 0 radical (unpaired) electrons. The fraction of sp³-hybridized carbons (Fsp3) is 0.400. The molecule has 1 aromatic heterocycles. The number of Topliss-reactive ketones (excluding diaryl/α,β-unsaturated/α-hetero) is 1. The first-order valence-electron chi connectivity index (χ1n) is 4.26. The highest BCUT2D eigenvalue weighted by Crippen LogP contribution is 2.06. The summed E-state index contributed by atoms with van der Waals surface area (Å²) in [6.45, 7) is 4.25. The van der Waals surface area contributed by atoms with Crippen molar-refractivity contribution in [3.05, 3.63) is 29.1 Å². The van der Waals surface area contributed by atoms with Gasteiger partial charge in [-0.15, -0.1) is 0 Å². The van der Waals surface area contributed by atoms with Crippen molar-refractivity contribution in [1.82, 2.24) is 10.3 Å². The summed E-state index contributed by atoms with van der Waals surface area (Å²) in [5.41, 5.74) is 2.71. The molecule has 0 unspecified atom stereocenters. The van der Waals surface area contributed by atoms with Gasteiger partial charge in [0.05, 0.1) is 6.54 Å². The highest BCUT2D eigenvalue weighted by molar-refractivity contribution is 5.97. The van der Waals surface area contributed by atoms with Crippen LogP contribution in [-0.4, -0.2) is 24.4 Å². The largest absolute Gasteiger partial charge is 0.313 e. The number of ketones is 1. The second-order valence-corrected chi connectivity index (χ2v) is 3.08. The van der Waals surface area contributed by atoms with Crippen LogP contribution in [-0.2, 0) is 0 Å². The molecule has 0 aromatic carbocycles. The maximum Gasteiger partial charge on any atom is 0.178 e. The topological polar surface area (TPSA) is 42.0 Å². The van der Waals surface area contributed by atoms with Gasteiger partial charge in [-0.2, -0.15) is 0 Å². The smallest absolute Gasteiger partial charge is 0.178 e. The molecule has 0 saturated carbocycles. The summed E-state index contributed by atoms with van der Waals surface area (Å²) in [6.07, 6.45) is 1.63. The fourth-order valence-corrected chi connectivity index (χ4v) is 1.06. The first-order chi connectivity index (χ1) is 6.15. The van der Waals surface area contributed by atoms with Crippen molar-refractivity contribution >= 4 is 5.78 Å². The van der Waals surface area contributed by atoms with Crippen molar-refractivity contribution in [3.63, 3.8) is 0 Å². The Balaban J connectivity index is 2.90. The summed E-state index contributed by atoms with van der Waals surface area (Å²) in [4.78, 5) is 15.5. The van der Waals surface area contributed by atoms with Gasteiger partial charge in [-0.25, -0.2) is 0 Å². The summed E-state index contributed by atoms with van der Waals surface area (Å²) in [5, 5.41) is 2.82. The van der Waals surface area contributed by atoms with Crippen LogP contribution in [0.4, 0.5) is 0 Å². The Hall–Kier alpha value is -1.22. The lowest BCUT2D eigenvalue weighted by atomic mass is 10.1. The normalized spacial score (nSPS) is 10.1. The molecule has 0 aliphatic carbocycles. The Morgan fingerprint density at radius 2 is 2.23 bits per heavy atom. The average Bonchev–Trinajstić information content (AvgIpc) is 2.10. The standard InChI is InChI=1S/C10H14N2O/c1-7-4-9(5-12-8(7)2)10(13)6-11-3/h4-5,11H,6H2,1-3H3. The molecule has 1 rings (SSSR count). The van der Waals surface area contributed by atoms with Gasteiger partial charge in [-0.3, -0.25) is 9.78 Å². The van der Waals surface area contributed by atoms with Crippen LogP contribution in [0.25, 0.3) is 0 Å². The Kier molecular flexibility index (Phi) is 3.14. The molecule has 0 fully saturated rings. The van der Waals surface area contributed by atoms with Crippen molar-refractivity contribution in [2.45, 2.75) is 13.8 Å². The van der Waals surface area contributed by atoms with E-state index in [1.54, 1.807) is 13.2 Å². The van der Waals surface area contributed by atoms with Crippen LogP contribution in [0, 0.1) is 13.8 Å². The molecule has 3 heteroatoms. The van der Waals surface area contributed by atoms with Gasteiger partial charge in [0.25, 0.3) is 0 Å². The van der Waals surface area contributed by atoms with Gasteiger partial charge in [0.2, 0.25) is 0 Å². The molecule has 0 spiro atoms. The van der Waals surface area contributed by atoms with E-state index in [2.05, 4.69) is 10.3 Å². The van der Waals surface area contributed by atoms with Crippen LogP contribution >= 0.6 is 0 Å². The van der Waals surface area contributed by atoms with E-state index in [9.17, 15) is 4.79 Å². The van der Waals surface area contributed by atoms with E-state index in [0.29, 0.717) is 12.1 Å². The van der Waals surface area contributed by atoms with Gasteiger partial charge in [0.15, 0.2) is 5.78 Å². The molecule has 0 atom stereocenters. The molecule has 0 bridgehead atoms. The second kappa shape index (κ2) is 4.14.